The molecule has 0 aromatic rings. The van der Waals surface area contributed by atoms with Crippen molar-refractivity contribution >= 4 is 11.8 Å². The van der Waals surface area contributed by atoms with Crippen LogP contribution in [-0.2, 0) is 0 Å². The smallest absolute Gasteiger partial charge is 0.202 e. The van der Waals surface area contributed by atoms with Gasteiger partial charge in [-0.15, -0.1) is 0 Å². The van der Waals surface area contributed by atoms with Gasteiger partial charge in [0.05, 0.1) is 0 Å². The van der Waals surface area contributed by atoms with Crippen LogP contribution < -0.4 is 0 Å². The number of alkyl halides is 8. The summed E-state index contributed by atoms with van der Waals surface area (Å²) in [7, 11) is 0. The van der Waals surface area contributed by atoms with Crippen LogP contribution in [-0.4, -0.2) is 23.4 Å². The maximum atomic E-state index is 11.8. The molecule has 0 unspecified atom stereocenters. The summed E-state index contributed by atoms with van der Waals surface area (Å²) in [5.41, 5.74) is 0. The predicted octanol–water partition coefficient (Wildman–Crippen LogP) is 3.44. The van der Waals surface area contributed by atoms with E-state index in [0.717, 1.165) is 0 Å². The lowest BCUT2D eigenvalue weighted by Gasteiger charge is -2.20. The van der Waals surface area contributed by atoms with Gasteiger partial charge in [-0.2, -0.15) is 17.6 Å². The monoisotopic (exact) mass is 234 g/mol. The van der Waals surface area contributed by atoms with E-state index in [-0.39, 0.29) is 0 Å². The molecular weight excluding hydrogens is 232 g/mol. The van der Waals surface area contributed by atoms with Crippen LogP contribution in [0.3, 0.4) is 0 Å². The Balaban J connectivity index is 4.42. The van der Waals surface area contributed by atoms with Crippen molar-refractivity contribution in [2.24, 2.45) is 0 Å². The second-order valence-corrected chi connectivity index (χ2v) is 3.12. The molecule has 0 aliphatic carbocycles. The van der Waals surface area contributed by atoms with Crippen LogP contribution in [0.5, 0.6) is 0 Å². The maximum Gasteiger partial charge on any atom is 0.358 e. The quantitative estimate of drug-likeness (QED) is 0.671. The highest BCUT2D eigenvalue weighted by atomic mass is 32.2. The molecule has 0 nitrogen and oxygen atoms in total. The van der Waals surface area contributed by atoms with Gasteiger partial charge in [0.25, 0.3) is 0 Å². The fourth-order valence-electron chi connectivity index (χ4n) is 0.271. The molecule has 0 radical (unpaired) electrons. The lowest BCUT2D eigenvalue weighted by Crippen LogP contribution is -2.32. The number of hydrogen-bond donors (Lipinski definition) is 0. The topological polar surface area (TPSA) is 0 Å². The molecule has 0 amide bonds. The Bertz CT molecular complexity index is 148. The normalized spacial score (nSPS) is 14.3. The first-order valence-electron chi connectivity index (χ1n) is 2.61. The molecule has 0 rings (SSSR count). The molecule has 0 aromatic heterocycles. The molecule has 0 atom stereocenters. The van der Waals surface area contributed by atoms with E-state index in [1.54, 1.807) is 0 Å². The summed E-state index contributed by atoms with van der Waals surface area (Å²) >= 11 is -2.05. The second kappa shape index (κ2) is 3.89. The molecule has 0 aliphatic rings. The van der Waals surface area contributed by atoms with Crippen molar-refractivity contribution in [1.82, 2.24) is 0 Å². The van der Waals surface area contributed by atoms with Gasteiger partial charge < -0.3 is 0 Å². The molecule has 0 spiro atoms. The Hall–Kier alpha value is -0.210. The van der Waals surface area contributed by atoms with Crippen molar-refractivity contribution < 1.29 is 35.1 Å². The molecule has 0 saturated carbocycles. The lowest BCUT2D eigenvalue weighted by atomic mass is 10.7. The summed E-state index contributed by atoms with van der Waals surface area (Å²) in [5, 5.41) is -10.4. The first-order valence-corrected chi connectivity index (χ1v) is 3.43. The molecule has 80 valence electrons. The highest BCUT2D eigenvalue weighted by Gasteiger charge is 2.55. The lowest BCUT2D eigenvalue weighted by molar-refractivity contribution is -0.0837. The molecule has 0 bridgehead atoms. The molecule has 0 saturated heterocycles. The fourth-order valence-corrected chi connectivity index (χ4v) is 0.812. The summed E-state index contributed by atoms with van der Waals surface area (Å²) in [6, 6.07) is 0. The SMILES string of the molecule is FC(F)C(F)(F)SC(F)(F)C(F)F. The minimum atomic E-state index is -5.18. The maximum absolute atomic E-state index is 11.8. The van der Waals surface area contributed by atoms with Crippen molar-refractivity contribution in [2.45, 2.75) is 23.4 Å². The Morgan fingerprint density at radius 1 is 0.692 bits per heavy atom. The van der Waals surface area contributed by atoms with Crippen LogP contribution in [0.2, 0.25) is 0 Å². The Kier molecular flexibility index (Phi) is 3.82. The van der Waals surface area contributed by atoms with Gasteiger partial charge in [-0.3, -0.25) is 0 Å². The summed E-state index contributed by atoms with van der Waals surface area (Å²) < 4.78 is 92.2. The third kappa shape index (κ3) is 3.57. The van der Waals surface area contributed by atoms with E-state index in [1.807, 2.05) is 0 Å². The second-order valence-electron chi connectivity index (χ2n) is 1.83. The van der Waals surface area contributed by atoms with Gasteiger partial charge in [-0.05, 0) is 11.8 Å². The highest BCUT2D eigenvalue weighted by molar-refractivity contribution is 8.01. The van der Waals surface area contributed by atoms with E-state index in [9.17, 15) is 35.1 Å². The zero-order chi connectivity index (χ0) is 10.9. The van der Waals surface area contributed by atoms with Crippen molar-refractivity contribution in [3.63, 3.8) is 0 Å². The molecule has 9 heteroatoms. The first-order chi connectivity index (χ1) is 5.59. The molecule has 0 fully saturated rings. The van der Waals surface area contributed by atoms with Gasteiger partial charge >= 0.3 is 23.4 Å². The first kappa shape index (κ1) is 12.8. The van der Waals surface area contributed by atoms with Crippen molar-refractivity contribution in [2.75, 3.05) is 0 Å². The standard InChI is InChI=1S/C4H2F8S/c5-1(6)3(9,10)13-4(11,12)2(7)8/h1-2H. The van der Waals surface area contributed by atoms with E-state index in [0.29, 0.717) is 0 Å². The van der Waals surface area contributed by atoms with E-state index in [1.165, 1.54) is 0 Å². The number of thioether (sulfide) groups is 1. The van der Waals surface area contributed by atoms with Crippen LogP contribution in [0.15, 0.2) is 0 Å². The third-order valence-electron chi connectivity index (χ3n) is 0.780. The van der Waals surface area contributed by atoms with Crippen molar-refractivity contribution in [3.8, 4) is 0 Å². The predicted molar refractivity (Wildman–Crippen MR) is 29.5 cm³/mol. The number of hydrogen-bond acceptors (Lipinski definition) is 1. The molecule has 0 aliphatic heterocycles. The third-order valence-corrected chi connectivity index (χ3v) is 1.68. The fraction of sp³-hybridized carbons (Fsp3) is 1.00. The summed E-state index contributed by atoms with van der Waals surface area (Å²) in [4.78, 5) is 0. The average molecular weight is 234 g/mol. The molecule has 0 aromatic carbocycles. The van der Waals surface area contributed by atoms with Gasteiger partial charge in [-0.25, -0.2) is 17.6 Å². The highest BCUT2D eigenvalue weighted by Crippen LogP contribution is 2.47. The van der Waals surface area contributed by atoms with Crippen molar-refractivity contribution in [3.05, 3.63) is 0 Å². The minimum absolute atomic E-state index is 2.05. The average Bonchev–Trinajstić information content (AvgIpc) is 1.83. The summed E-state index contributed by atoms with van der Waals surface area (Å²) in [6.45, 7) is 0. The molecule has 0 heterocycles. The van der Waals surface area contributed by atoms with Crippen LogP contribution in [0.25, 0.3) is 0 Å². The van der Waals surface area contributed by atoms with Gasteiger partial charge in [0.2, 0.25) is 0 Å². The summed E-state index contributed by atoms with van der Waals surface area (Å²) in [5.74, 6) is 0. The zero-order valence-electron chi connectivity index (χ0n) is 5.59. The Morgan fingerprint density at radius 2 is 0.923 bits per heavy atom. The van der Waals surface area contributed by atoms with E-state index >= 15 is 0 Å². The van der Waals surface area contributed by atoms with Gasteiger partial charge in [0.1, 0.15) is 0 Å². The Morgan fingerprint density at radius 3 is 1.08 bits per heavy atom. The number of rotatable bonds is 4. The molecule has 0 N–H and O–H groups in total. The van der Waals surface area contributed by atoms with Crippen LogP contribution >= 0.6 is 11.8 Å². The summed E-state index contributed by atoms with van der Waals surface area (Å²) in [6.07, 6.45) is -8.83. The largest absolute Gasteiger partial charge is 0.358 e. The van der Waals surface area contributed by atoms with Gasteiger partial charge in [0, 0.05) is 0 Å². The van der Waals surface area contributed by atoms with Crippen LogP contribution in [0.1, 0.15) is 0 Å². The zero-order valence-corrected chi connectivity index (χ0v) is 6.40. The van der Waals surface area contributed by atoms with Gasteiger partial charge in [-0.1, -0.05) is 0 Å². The van der Waals surface area contributed by atoms with E-state index in [4.69, 9.17) is 0 Å². The minimum Gasteiger partial charge on any atom is -0.202 e. The molecule has 13 heavy (non-hydrogen) atoms. The van der Waals surface area contributed by atoms with Crippen LogP contribution in [0.4, 0.5) is 35.1 Å². The molecular formula is C4H2F8S. The number of halogens is 8. The van der Waals surface area contributed by atoms with Crippen LogP contribution in [0, 0.1) is 0 Å². The van der Waals surface area contributed by atoms with Crippen molar-refractivity contribution in [1.29, 1.82) is 0 Å². The van der Waals surface area contributed by atoms with E-state index < -0.39 is 35.1 Å². The van der Waals surface area contributed by atoms with Gasteiger partial charge in [0.15, 0.2) is 0 Å². The van der Waals surface area contributed by atoms with E-state index in [2.05, 4.69) is 0 Å². The Labute approximate surface area is 71.3 Å².